The van der Waals surface area contributed by atoms with Crippen LogP contribution >= 0.6 is 0 Å². The number of carbonyl (C=O) groups excluding carboxylic acids is 1. The lowest BCUT2D eigenvalue weighted by Gasteiger charge is -2.23. The lowest BCUT2D eigenvalue weighted by molar-refractivity contribution is -0.143. The van der Waals surface area contributed by atoms with Gasteiger partial charge in [-0.2, -0.15) is 0 Å². The van der Waals surface area contributed by atoms with E-state index < -0.39 is 11.9 Å². The van der Waals surface area contributed by atoms with Crippen molar-refractivity contribution in [2.75, 3.05) is 13.2 Å². The summed E-state index contributed by atoms with van der Waals surface area (Å²) in [6, 6.07) is 7.56. The SMILES string of the molecule is Cc1ccccc1OCCCC(=O)N1CCC(C(=O)O)C1C. The first-order chi connectivity index (χ1) is 10.5. The van der Waals surface area contributed by atoms with E-state index in [1.165, 1.54) is 0 Å². The van der Waals surface area contributed by atoms with Gasteiger partial charge in [-0.05, 0) is 38.3 Å². The van der Waals surface area contributed by atoms with E-state index in [0.29, 0.717) is 32.4 Å². The number of carboxylic acids is 1. The van der Waals surface area contributed by atoms with Crippen molar-refractivity contribution in [3.8, 4) is 5.75 Å². The van der Waals surface area contributed by atoms with Gasteiger partial charge in [0.1, 0.15) is 5.75 Å². The second kappa shape index (κ2) is 7.29. The van der Waals surface area contributed by atoms with Crippen LogP contribution in [0, 0.1) is 12.8 Å². The van der Waals surface area contributed by atoms with Crippen molar-refractivity contribution in [2.45, 2.75) is 39.2 Å². The molecule has 1 aliphatic rings. The molecule has 1 saturated heterocycles. The van der Waals surface area contributed by atoms with Gasteiger partial charge >= 0.3 is 5.97 Å². The molecule has 1 aromatic carbocycles. The molecule has 0 saturated carbocycles. The zero-order chi connectivity index (χ0) is 16.1. The van der Waals surface area contributed by atoms with Crippen LogP contribution in [0.25, 0.3) is 0 Å². The third kappa shape index (κ3) is 3.78. The predicted molar refractivity (Wildman–Crippen MR) is 82.8 cm³/mol. The Kier molecular flexibility index (Phi) is 5.41. The number of carbonyl (C=O) groups is 2. The maximum atomic E-state index is 12.2. The Balaban J connectivity index is 1.75. The van der Waals surface area contributed by atoms with Crippen LogP contribution in [-0.2, 0) is 9.59 Å². The van der Waals surface area contributed by atoms with Crippen LogP contribution in [0.3, 0.4) is 0 Å². The van der Waals surface area contributed by atoms with E-state index in [2.05, 4.69) is 0 Å². The van der Waals surface area contributed by atoms with E-state index in [1.807, 2.05) is 38.1 Å². The molecule has 0 bridgehead atoms. The molecule has 0 spiro atoms. The number of para-hydroxylation sites is 1. The van der Waals surface area contributed by atoms with Gasteiger partial charge in [0.15, 0.2) is 0 Å². The number of amides is 1. The number of hydrogen-bond donors (Lipinski definition) is 1. The Morgan fingerprint density at radius 2 is 2.09 bits per heavy atom. The van der Waals surface area contributed by atoms with E-state index in [4.69, 9.17) is 9.84 Å². The van der Waals surface area contributed by atoms with E-state index in [1.54, 1.807) is 4.90 Å². The highest BCUT2D eigenvalue weighted by Gasteiger charge is 2.37. The molecule has 1 aliphatic heterocycles. The molecule has 1 aromatic rings. The van der Waals surface area contributed by atoms with Crippen molar-refractivity contribution < 1.29 is 19.4 Å². The molecule has 5 nitrogen and oxygen atoms in total. The van der Waals surface area contributed by atoms with Crippen molar-refractivity contribution in [1.29, 1.82) is 0 Å². The third-order valence-corrected chi connectivity index (χ3v) is 4.28. The lowest BCUT2D eigenvalue weighted by atomic mass is 10.0. The Morgan fingerprint density at radius 3 is 2.73 bits per heavy atom. The van der Waals surface area contributed by atoms with Crippen LogP contribution in [0.4, 0.5) is 0 Å². The highest BCUT2D eigenvalue weighted by atomic mass is 16.5. The van der Waals surface area contributed by atoms with Crippen LogP contribution in [0.2, 0.25) is 0 Å². The van der Waals surface area contributed by atoms with Gasteiger partial charge in [0.05, 0.1) is 12.5 Å². The van der Waals surface area contributed by atoms with Gasteiger partial charge in [0, 0.05) is 19.0 Å². The third-order valence-electron chi connectivity index (χ3n) is 4.28. The largest absolute Gasteiger partial charge is 0.493 e. The Morgan fingerprint density at radius 1 is 1.36 bits per heavy atom. The molecule has 0 radical (unpaired) electrons. The van der Waals surface area contributed by atoms with Crippen molar-refractivity contribution in [2.24, 2.45) is 5.92 Å². The summed E-state index contributed by atoms with van der Waals surface area (Å²) in [7, 11) is 0. The fraction of sp³-hybridized carbons (Fsp3) is 0.529. The van der Waals surface area contributed by atoms with Gasteiger partial charge in [0.25, 0.3) is 0 Å². The first-order valence-corrected chi connectivity index (χ1v) is 7.71. The van der Waals surface area contributed by atoms with Gasteiger partial charge in [-0.3, -0.25) is 9.59 Å². The molecule has 2 unspecified atom stereocenters. The monoisotopic (exact) mass is 305 g/mol. The van der Waals surface area contributed by atoms with Gasteiger partial charge in [-0.1, -0.05) is 18.2 Å². The number of hydrogen-bond acceptors (Lipinski definition) is 3. The summed E-state index contributed by atoms with van der Waals surface area (Å²) in [4.78, 5) is 24.9. The quantitative estimate of drug-likeness (QED) is 0.820. The number of nitrogens with zero attached hydrogens (tertiary/aromatic N) is 1. The molecule has 2 atom stereocenters. The summed E-state index contributed by atoms with van der Waals surface area (Å²) >= 11 is 0. The fourth-order valence-electron chi connectivity index (χ4n) is 2.89. The Bertz CT molecular complexity index is 543. The molecule has 2 rings (SSSR count). The first-order valence-electron chi connectivity index (χ1n) is 7.71. The van der Waals surface area contributed by atoms with E-state index in [0.717, 1.165) is 11.3 Å². The molecule has 1 amide bonds. The zero-order valence-electron chi connectivity index (χ0n) is 13.1. The number of rotatable bonds is 6. The van der Waals surface area contributed by atoms with Gasteiger partial charge < -0.3 is 14.7 Å². The van der Waals surface area contributed by atoms with E-state index in [9.17, 15) is 9.59 Å². The minimum atomic E-state index is -0.814. The number of carboxylic acid groups (broad SMARTS) is 1. The summed E-state index contributed by atoms with van der Waals surface area (Å²) in [5.41, 5.74) is 1.08. The second-order valence-electron chi connectivity index (χ2n) is 5.78. The van der Waals surface area contributed by atoms with Crippen LogP contribution in [0.15, 0.2) is 24.3 Å². The molecular weight excluding hydrogens is 282 g/mol. The van der Waals surface area contributed by atoms with Gasteiger partial charge in [0.2, 0.25) is 5.91 Å². The van der Waals surface area contributed by atoms with Crippen LogP contribution in [0.5, 0.6) is 5.75 Å². The molecule has 1 heterocycles. The van der Waals surface area contributed by atoms with Gasteiger partial charge in [-0.25, -0.2) is 0 Å². The molecule has 0 aromatic heterocycles. The summed E-state index contributed by atoms with van der Waals surface area (Å²) in [6.07, 6.45) is 1.57. The van der Waals surface area contributed by atoms with E-state index >= 15 is 0 Å². The fourth-order valence-corrected chi connectivity index (χ4v) is 2.89. The molecule has 120 valence electrons. The maximum absolute atomic E-state index is 12.2. The Labute approximate surface area is 130 Å². The molecule has 22 heavy (non-hydrogen) atoms. The molecular formula is C17H23NO4. The lowest BCUT2D eigenvalue weighted by Crippen LogP contribution is -2.37. The summed E-state index contributed by atoms with van der Waals surface area (Å²) in [6.45, 7) is 4.82. The minimum Gasteiger partial charge on any atom is -0.493 e. The van der Waals surface area contributed by atoms with Crippen LogP contribution in [0.1, 0.15) is 31.7 Å². The normalized spacial score (nSPS) is 20.9. The standard InChI is InChI=1S/C17H23NO4/c1-12-6-3-4-7-15(12)22-11-5-8-16(19)18-10-9-14(13(18)2)17(20)21/h3-4,6-7,13-14H,5,8-11H2,1-2H3,(H,20,21). The zero-order valence-corrected chi connectivity index (χ0v) is 13.1. The summed E-state index contributed by atoms with van der Waals surface area (Å²) < 4.78 is 5.67. The highest BCUT2D eigenvalue weighted by Crippen LogP contribution is 2.25. The topological polar surface area (TPSA) is 66.8 Å². The van der Waals surface area contributed by atoms with E-state index in [-0.39, 0.29) is 11.9 Å². The average molecular weight is 305 g/mol. The molecule has 1 fully saturated rings. The van der Waals surface area contributed by atoms with Gasteiger partial charge in [-0.15, -0.1) is 0 Å². The molecule has 1 N–H and O–H groups in total. The predicted octanol–water partition coefficient (Wildman–Crippen LogP) is 2.48. The number of aryl methyl sites for hydroxylation is 1. The minimum absolute atomic E-state index is 0.0182. The second-order valence-corrected chi connectivity index (χ2v) is 5.78. The van der Waals surface area contributed by atoms with Crippen molar-refractivity contribution in [3.63, 3.8) is 0 Å². The van der Waals surface area contributed by atoms with Crippen LogP contribution in [-0.4, -0.2) is 41.1 Å². The molecule has 5 heteroatoms. The number of likely N-dealkylation sites (tertiary alicyclic amines) is 1. The number of ether oxygens (including phenoxy) is 1. The smallest absolute Gasteiger partial charge is 0.308 e. The number of aliphatic carboxylic acids is 1. The maximum Gasteiger partial charge on any atom is 0.308 e. The number of benzene rings is 1. The first kappa shape index (κ1) is 16.3. The Hall–Kier alpha value is -2.04. The summed E-state index contributed by atoms with van der Waals surface area (Å²) in [5.74, 6) is -0.391. The van der Waals surface area contributed by atoms with Crippen molar-refractivity contribution in [1.82, 2.24) is 4.90 Å². The van der Waals surface area contributed by atoms with Crippen LogP contribution < -0.4 is 4.74 Å². The average Bonchev–Trinajstić information content (AvgIpc) is 2.87. The van der Waals surface area contributed by atoms with Crippen molar-refractivity contribution >= 4 is 11.9 Å². The molecule has 0 aliphatic carbocycles. The van der Waals surface area contributed by atoms with Crippen molar-refractivity contribution in [3.05, 3.63) is 29.8 Å². The highest BCUT2D eigenvalue weighted by molar-refractivity contribution is 5.79. The summed E-state index contributed by atoms with van der Waals surface area (Å²) in [5, 5.41) is 9.09.